The van der Waals surface area contributed by atoms with Gasteiger partial charge in [0.25, 0.3) is 0 Å². The lowest BCUT2D eigenvalue weighted by Gasteiger charge is -1.95. The van der Waals surface area contributed by atoms with Gasteiger partial charge in [0.2, 0.25) is 0 Å². The molecule has 72 valence electrons. The summed E-state index contributed by atoms with van der Waals surface area (Å²) in [5.41, 5.74) is 3.01. The van der Waals surface area contributed by atoms with E-state index in [-0.39, 0.29) is 0 Å². The van der Waals surface area contributed by atoms with E-state index < -0.39 is 0 Å². The highest BCUT2D eigenvalue weighted by atomic mass is 15.0. The van der Waals surface area contributed by atoms with Crippen LogP contribution in [0.4, 0.5) is 0 Å². The summed E-state index contributed by atoms with van der Waals surface area (Å²) in [6.45, 7) is 2.12. The monoisotopic (exact) mass is 187 g/mol. The molecule has 0 spiro atoms. The van der Waals surface area contributed by atoms with Crippen molar-refractivity contribution in [2.24, 2.45) is 7.05 Å². The lowest BCUT2D eigenvalue weighted by Crippen LogP contribution is -1.85. The Hall–Kier alpha value is -1.64. The Bertz CT molecular complexity index is 468. The van der Waals surface area contributed by atoms with Gasteiger partial charge in [-0.25, -0.2) is 9.97 Å². The first-order valence-electron chi connectivity index (χ1n) is 4.75. The Kier molecular flexibility index (Phi) is 2.31. The summed E-state index contributed by atoms with van der Waals surface area (Å²) in [5.74, 6) is 0. The molecule has 2 aromatic rings. The van der Waals surface area contributed by atoms with Gasteiger partial charge < -0.3 is 4.57 Å². The van der Waals surface area contributed by atoms with Crippen molar-refractivity contribution < 1.29 is 0 Å². The van der Waals surface area contributed by atoms with Crippen molar-refractivity contribution in [1.29, 1.82) is 0 Å². The second-order valence-corrected chi connectivity index (χ2v) is 3.28. The molecule has 0 N–H and O–H groups in total. The number of hydrogen-bond donors (Lipinski definition) is 0. The van der Waals surface area contributed by atoms with E-state index >= 15 is 0 Å². The predicted octanol–water partition coefficient (Wildman–Crippen LogP) is 2.39. The molecule has 0 amide bonds. The van der Waals surface area contributed by atoms with Crippen molar-refractivity contribution in [3.63, 3.8) is 0 Å². The summed E-state index contributed by atoms with van der Waals surface area (Å²) in [5, 5.41) is 0. The first-order chi connectivity index (χ1) is 6.81. The van der Waals surface area contributed by atoms with E-state index in [9.17, 15) is 0 Å². The van der Waals surface area contributed by atoms with Crippen LogP contribution in [-0.2, 0) is 7.05 Å². The number of rotatable bonds is 2. The molecule has 0 atom stereocenters. The maximum Gasteiger partial charge on any atom is 0.177 e. The third kappa shape index (κ3) is 1.53. The zero-order valence-corrected chi connectivity index (χ0v) is 8.44. The molecular formula is C11H13N3. The topological polar surface area (TPSA) is 30.7 Å². The third-order valence-corrected chi connectivity index (χ3v) is 2.15. The summed E-state index contributed by atoms with van der Waals surface area (Å²) < 4.78 is 1.98. The van der Waals surface area contributed by atoms with Gasteiger partial charge in [-0.05, 0) is 18.1 Å². The molecule has 14 heavy (non-hydrogen) atoms. The minimum absolute atomic E-state index is 0.807. The van der Waals surface area contributed by atoms with Crippen LogP contribution in [0.2, 0.25) is 0 Å². The Labute approximate surface area is 83.1 Å². The molecular weight excluding hydrogens is 174 g/mol. The fourth-order valence-electron chi connectivity index (χ4n) is 1.37. The molecule has 2 rings (SSSR count). The summed E-state index contributed by atoms with van der Waals surface area (Å²) >= 11 is 0. The fourth-order valence-corrected chi connectivity index (χ4v) is 1.37. The lowest BCUT2D eigenvalue weighted by atomic mass is 10.2. The molecule has 0 aliphatic rings. The van der Waals surface area contributed by atoms with Crippen LogP contribution in [0, 0.1) is 0 Å². The van der Waals surface area contributed by atoms with Crippen LogP contribution < -0.4 is 0 Å². The SMILES string of the molecule is CC/C=C/c1cnc2ncn(C)c2c1. The Morgan fingerprint density at radius 3 is 3.07 bits per heavy atom. The van der Waals surface area contributed by atoms with E-state index in [0.717, 1.165) is 23.1 Å². The van der Waals surface area contributed by atoms with Crippen molar-refractivity contribution in [3.8, 4) is 0 Å². The first-order valence-corrected chi connectivity index (χ1v) is 4.75. The first kappa shape index (κ1) is 8.94. The van der Waals surface area contributed by atoms with Crippen molar-refractivity contribution >= 4 is 17.2 Å². The molecule has 2 aromatic heterocycles. The number of hydrogen-bond acceptors (Lipinski definition) is 2. The molecule has 0 unspecified atom stereocenters. The molecule has 0 aliphatic heterocycles. The quantitative estimate of drug-likeness (QED) is 0.722. The molecule has 2 heterocycles. The standard InChI is InChI=1S/C11H13N3/c1-3-4-5-9-6-10-11(12-7-9)13-8-14(10)2/h4-8H,3H2,1-2H3/b5-4+. The fraction of sp³-hybridized carbons (Fsp3) is 0.273. The van der Waals surface area contributed by atoms with Crippen LogP contribution in [0.5, 0.6) is 0 Å². The highest BCUT2D eigenvalue weighted by molar-refractivity contribution is 5.73. The van der Waals surface area contributed by atoms with Crippen molar-refractivity contribution in [2.45, 2.75) is 13.3 Å². The van der Waals surface area contributed by atoms with Crippen LogP contribution >= 0.6 is 0 Å². The number of nitrogens with zero attached hydrogens (tertiary/aromatic N) is 3. The molecule has 0 fully saturated rings. The minimum atomic E-state index is 0.807. The smallest absolute Gasteiger partial charge is 0.177 e. The Balaban J connectivity index is 2.49. The van der Waals surface area contributed by atoms with Crippen molar-refractivity contribution in [1.82, 2.24) is 14.5 Å². The Morgan fingerprint density at radius 1 is 1.43 bits per heavy atom. The normalized spacial score (nSPS) is 11.6. The van der Waals surface area contributed by atoms with Crippen LogP contribution in [0.15, 0.2) is 24.7 Å². The molecule has 3 heteroatoms. The largest absolute Gasteiger partial charge is 0.332 e. The van der Waals surface area contributed by atoms with Crippen molar-refractivity contribution in [3.05, 3.63) is 30.2 Å². The number of allylic oxidation sites excluding steroid dienone is 1. The van der Waals surface area contributed by atoms with E-state index in [4.69, 9.17) is 0 Å². The van der Waals surface area contributed by atoms with Gasteiger partial charge in [-0.1, -0.05) is 19.1 Å². The maximum absolute atomic E-state index is 4.27. The second kappa shape index (κ2) is 3.62. The summed E-state index contributed by atoms with van der Waals surface area (Å²) in [6.07, 6.45) is 8.88. The number of aromatic nitrogens is 3. The number of fused-ring (bicyclic) bond motifs is 1. The predicted molar refractivity (Wildman–Crippen MR) is 57.8 cm³/mol. The maximum atomic E-state index is 4.27. The second-order valence-electron chi connectivity index (χ2n) is 3.28. The number of imidazole rings is 1. The van der Waals surface area contributed by atoms with E-state index in [1.165, 1.54) is 0 Å². The average molecular weight is 187 g/mol. The summed E-state index contributed by atoms with van der Waals surface area (Å²) in [7, 11) is 1.98. The molecule has 0 saturated heterocycles. The van der Waals surface area contributed by atoms with Crippen LogP contribution in [0.25, 0.3) is 17.2 Å². The van der Waals surface area contributed by atoms with Gasteiger partial charge in [-0.2, -0.15) is 0 Å². The molecule has 3 nitrogen and oxygen atoms in total. The number of pyridine rings is 1. The zero-order valence-electron chi connectivity index (χ0n) is 8.44. The lowest BCUT2D eigenvalue weighted by molar-refractivity contribution is 0.947. The highest BCUT2D eigenvalue weighted by Crippen LogP contribution is 2.12. The molecule has 0 aromatic carbocycles. The third-order valence-electron chi connectivity index (χ3n) is 2.15. The van der Waals surface area contributed by atoms with Gasteiger partial charge in [0, 0.05) is 13.2 Å². The molecule has 0 radical (unpaired) electrons. The van der Waals surface area contributed by atoms with Gasteiger partial charge >= 0.3 is 0 Å². The minimum Gasteiger partial charge on any atom is -0.332 e. The summed E-state index contributed by atoms with van der Waals surface area (Å²) in [4.78, 5) is 8.44. The molecule has 0 aliphatic carbocycles. The van der Waals surface area contributed by atoms with Crippen LogP contribution in [0.3, 0.4) is 0 Å². The van der Waals surface area contributed by atoms with E-state index in [1.54, 1.807) is 6.33 Å². The molecule has 0 saturated carbocycles. The van der Waals surface area contributed by atoms with Crippen LogP contribution in [-0.4, -0.2) is 14.5 Å². The average Bonchev–Trinajstić information content (AvgIpc) is 2.57. The summed E-state index contributed by atoms with van der Waals surface area (Å²) in [6, 6.07) is 2.10. The van der Waals surface area contributed by atoms with Gasteiger partial charge in [0.05, 0.1) is 11.8 Å². The zero-order chi connectivity index (χ0) is 9.97. The van der Waals surface area contributed by atoms with Gasteiger partial charge in [0.1, 0.15) is 0 Å². The van der Waals surface area contributed by atoms with E-state index in [2.05, 4.69) is 35.1 Å². The van der Waals surface area contributed by atoms with E-state index in [0.29, 0.717) is 0 Å². The molecule has 0 bridgehead atoms. The number of aryl methyl sites for hydroxylation is 1. The van der Waals surface area contributed by atoms with Crippen molar-refractivity contribution in [2.75, 3.05) is 0 Å². The van der Waals surface area contributed by atoms with E-state index in [1.807, 2.05) is 17.8 Å². The van der Waals surface area contributed by atoms with Gasteiger partial charge in [0.15, 0.2) is 5.65 Å². The van der Waals surface area contributed by atoms with Gasteiger partial charge in [-0.15, -0.1) is 0 Å². The highest BCUT2D eigenvalue weighted by Gasteiger charge is 1.99. The Morgan fingerprint density at radius 2 is 2.29 bits per heavy atom. The van der Waals surface area contributed by atoms with Gasteiger partial charge in [-0.3, -0.25) is 0 Å². The van der Waals surface area contributed by atoms with Crippen LogP contribution in [0.1, 0.15) is 18.9 Å².